The third-order valence-corrected chi connectivity index (χ3v) is 6.00. The molecule has 26 heavy (non-hydrogen) atoms. The van der Waals surface area contributed by atoms with Crippen LogP contribution in [0.2, 0.25) is 0 Å². The van der Waals surface area contributed by atoms with E-state index in [1.54, 1.807) is 30.3 Å². The first-order chi connectivity index (χ1) is 12.5. The summed E-state index contributed by atoms with van der Waals surface area (Å²) in [7, 11) is -3.58. The Hall–Kier alpha value is -2.75. The summed E-state index contributed by atoms with van der Waals surface area (Å²) in [4.78, 5) is 18.5. The van der Waals surface area contributed by atoms with Crippen molar-refractivity contribution >= 4 is 32.5 Å². The van der Waals surface area contributed by atoms with Crippen LogP contribution in [-0.2, 0) is 16.6 Å². The van der Waals surface area contributed by atoms with Gasteiger partial charge < -0.3 is 4.42 Å². The van der Waals surface area contributed by atoms with Crippen molar-refractivity contribution in [1.82, 2.24) is 14.7 Å². The van der Waals surface area contributed by atoms with Crippen LogP contribution in [0.25, 0.3) is 22.4 Å². The Balaban J connectivity index is 1.53. The molecule has 9 heteroatoms. The predicted molar refractivity (Wildman–Crippen MR) is 98.4 cm³/mol. The normalized spacial score (nSPS) is 11.8. The summed E-state index contributed by atoms with van der Waals surface area (Å²) < 4.78 is 32.1. The number of aromatic amines is 1. The Morgan fingerprint density at radius 1 is 1.15 bits per heavy atom. The highest BCUT2D eigenvalue weighted by Gasteiger charge is 2.14. The molecule has 4 aromatic rings. The van der Waals surface area contributed by atoms with Crippen LogP contribution in [-0.4, -0.2) is 18.4 Å². The van der Waals surface area contributed by atoms with Gasteiger partial charge in [-0.05, 0) is 24.3 Å². The van der Waals surface area contributed by atoms with Gasteiger partial charge in [-0.15, -0.1) is 11.3 Å². The molecule has 0 unspecified atom stereocenters. The Kier molecular flexibility index (Phi) is 4.19. The molecule has 0 bridgehead atoms. The molecule has 0 fully saturated rings. The van der Waals surface area contributed by atoms with E-state index in [1.807, 2.05) is 11.4 Å². The van der Waals surface area contributed by atoms with Crippen LogP contribution in [0.1, 0.15) is 5.01 Å². The molecule has 0 aliphatic rings. The molecule has 2 aromatic heterocycles. The average Bonchev–Trinajstić information content (AvgIpc) is 3.25. The van der Waals surface area contributed by atoms with Crippen LogP contribution >= 0.6 is 11.3 Å². The smallest absolute Gasteiger partial charge is 0.408 e. The minimum Gasteiger partial charge on any atom is -0.408 e. The number of H-pyrrole nitrogens is 1. The summed E-state index contributed by atoms with van der Waals surface area (Å²) in [5.74, 6) is -0.508. The fourth-order valence-electron chi connectivity index (χ4n) is 2.47. The zero-order chi connectivity index (χ0) is 18.1. The largest absolute Gasteiger partial charge is 0.417 e. The highest BCUT2D eigenvalue weighted by atomic mass is 32.2. The van der Waals surface area contributed by atoms with Crippen molar-refractivity contribution in [3.63, 3.8) is 0 Å². The Morgan fingerprint density at radius 3 is 2.77 bits per heavy atom. The molecule has 0 saturated carbocycles. The molecule has 2 heterocycles. The van der Waals surface area contributed by atoms with E-state index in [0.29, 0.717) is 21.8 Å². The molecule has 4 rings (SSSR count). The van der Waals surface area contributed by atoms with Crippen LogP contribution < -0.4 is 10.5 Å². The molecular formula is C17H13N3O4S2. The molecule has 2 N–H and O–H groups in total. The van der Waals surface area contributed by atoms with E-state index in [-0.39, 0.29) is 11.4 Å². The molecule has 0 aliphatic carbocycles. The van der Waals surface area contributed by atoms with Crippen molar-refractivity contribution in [3.05, 3.63) is 69.5 Å². The predicted octanol–water partition coefficient (Wildman–Crippen LogP) is 2.72. The zero-order valence-electron chi connectivity index (χ0n) is 13.3. The maximum absolute atomic E-state index is 12.3. The first kappa shape index (κ1) is 16.7. The molecular weight excluding hydrogens is 374 g/mol. The van der Waals surface area contributed by atoms with E-state index < -0.39 is 15.8 Å². The highest BCUT2D eigenvalue weighted by molar-refractivity contribution is 7.89. The lowest BCUT2D eigenvalue weighted by molar-refractivity contribution is 0.555. The molecule has 0 amide bonds. The summed E-state index contributed by atoms with van der Waals surface area (Å²) in [6.07, 6.45) is 0. The summed E-state index contributed by atoms with van der Waals surface area (Å²) >= 11 is 1.35. The van der Waals surface area contributed by atoms with Crippen molar-refractivity contribution in [2.75, 3.05) is 0 Å². The van der Waals surface area contributed by atoms with Gasteiger partial charge in [0, 0.05) is 10.9 Å². The van der Waals surface area contributed by atoms with Gasteiger partial charge in [-0.1, -0.05) is 24.3 Å². The first-order valence-corrected chi connectivity index (χ1v) is 10.00. The number of nitrogens with one attached hydrogen (secondary N) is 2. The van der Waals surface area contributed by atoms with Crippen molar-refractivity contribution in [2.45, 2.75) is 11.4 Å². The van der Waals surface area contributed by atoms with Crippen LogP contribution in [0.3, 0.4) is 0 Å². The minimum absolute atomic E-state index is 0.101. The van der Waals surface area contributed by atoms with Gasteiger partial charge >= 0.3 is 5.76 Å². The van der Waals surface area contributed by atoms with E-state index in [4.69, 9.17) is 4.42 Å². The molecule has 2 aromatic carbocycles. The van der Waals surface area contributed by atoms with Gasteiger partial charge in [0.15, 0.2) is 5.58 Å². The number of rotatable bonds is 5. The van der Waals surface area contributed by atoms with Crippen LogP contribution in [0.5, 0.6) is 0 Å². The van der Waals surface area contributed by atoms with Crippen molar-refractivity contribution in [3.8, 4) is 11.3 Å². The fraction of sp³-hybridized carbons (Fsp3) is 0.0588. The molecule has 132 valence electrons. The zero-order valence-corrected chi connectivity index (χ0v) is 14.9. The van der Waals surface area contributed by atoms with E-state index in [2.05, 4.69) is 14.7 Å². The van der Waals surface area contributed by atoms with E-state index in [0.717, 1.165) is 5.56 Å². The van der Waals surface area contributed by atoms with Gasteiger partial charge in [0.25, 0.3) is 0 Å². The van der Waals surface area contributed by atoms with Gasteiger partial charge in [0.05, 0.1) is 22.7 Å². The standard InChI is InChI=1S/C17H13N3O4S2/c21-17-20-13-7-6-11(8-15(13)24-17)14-10-25-16(19-14)9-18-26(22,23)12-4-2-1-3-5-12/h1-8,10,18H,9H2,(H,20,21). The second kappa shape index (κ2) is 6.52. The van der Waals surface area contributed by atoms with Crippen molar-refractivity contribution in [2.24, 2.45) is 0 Å². The molecule has 0 radical (unpaired) electrons. The minimum atomic E-state index is -3.58. The van der Waals surface area contributed by atoms with Crippen molar-refractivity contribution < 1.29 is 12.8 Å². The number of fused-ring (bicyclic) bond motifs is 1. The third kappa shape index (κ3) is 3.32. The number of oxazole rings is 1. The summed E-state index contributed by atoms with van der Waals surface area (Å²) in [6, 6.07) is 13.5. The van der Waals surface area contributed by atoms with Crippen LogP contribution in [0.4, 0.5) is 0 Å². The van der Waals surface area contributed by atoms with Gasteiger partial charge in [-0.3, -0.25) is 4.98 Å². The second-order valence-electron chi connectivity index (χ2n) is 5.49. The van der Waals surface area contributed by atoms with E-state index >= 15 is 0 Å². The number of hydrogen-bond donors (Lipinski definition) is 2. The number of hydrogen-bond acceptors (Lipinski definition) is 6. The van der Waals surface area contributed by atoms with E-state index in [1.165, 1.54) is 23.5 Å². The summed E-state index contributed by atoms with van der Waals surface area (Å²) in [5, 5.41) is 2.47. The number of aromatic nitrogens is 2. The van der Waals surface area contributed by atoms with Gasteiger partial charge in [-0.25, -0.2) is 22.9 Å². The molecule has 0 atom stereocenters. The van der Waals surface area contributed by atoms with Gasteiger partial charge in [0.1, 0.15) is 5.01 Å². The Bertz CT molecular complexity index is 1220. The highest BCUT2D eigenvalue weighted by Crippen LogP contribution is 2.25. The van der Waals surface area contributed by atoms with Crippen LogP contribution in [0, 0.1) is 0 Å². The first-order valence-electron chi connectivity index (χ1n) is 7.64. The maximum atomic E-state index is 12.3. The molecule has 0 aliphatic heterocycles. The third-order valence-electron chi connectivity index (χ3n) is 3.74. The number of thiazole rings is 1. The molecule has 0 spiro atoms. The fourth-order valence-corrected chi connectivity index (χ4v) is 4.31. The summed E-state index contributed by atoms with van der Waals surface area (Å²) in [5.41, 5.74) is 2.54. The summed E-state index contributed by atoms with van der Waals surface area (Å²) in [6.45, 7) is 0.101. The molecule has 0 saturated heterocycles. The van der Waals surface area contributed by atoms with Gasteiger partial charge in [0.2, 0.25) is 10.0 Å². The Labute approximate surface area is 152 Å². The quantitative estimate of drug-likeness (QED) is 0.548. The van der Waals surface area contributed by atoms with Crippen LogP contribution in [0.15, 0.2) is 68.0 Å². The maximum Gasteiger partial charge on any atom is 0.417 e. The Morgan fingerprint density at radius 2 is 1.96 bits per heavy atom. The number of benzene rings is 2. The second-order valence-corrected chi connectivity index (χ2v) is 8.20. The number of sulfonamides is 1. The van der Waals surface area contributed by atoms with Gasteiger partial charge in [-0.2, -0.15) is 0 Å². The molecule has 7 nitrogen and oxygen atoms in total. The lowest BCUT2D eigenvalue weighted by Crippen LogP contribution is -2.23. The lowest BCUT2D eigenvalue weighted by Gasteiger charge is -2.04. The lowest BCUT2D eigenvalue weighted by atomic mass is 10.1. The van der Waals surface area contributed by atoms with E-state index in [9.17, 15) is 13.2 Å². The SMILES string of the molecule is O=c1[nH]c2ccc(-c3csc(CNS(=O)(=O)c4ccccc4)n3)cc2o1. The average molecular weight is 387 g/mol. The monoisotopic (exact) mass is 387 g/mol. The topological polar surface area (TPSA) is 105 Å². The van der Waals surface area contributed by atoms with Crippen molar-refractivity contribution in [1.29, 1.82) is 0 Å². The number of nitrogens with zero attached hydrogens (tertiary/aromatic N) is 1.